The van der Waals surface area contributed by atoms with E-state index in [-0.39, 0.29) is 11.4 Å². The number of carbonyl (C=O) groups excluding carboxylic acids is 1. The molecule has 0 aromatic heterocycles. The number of amides is 1. The Morgan fingerprint density at radius 1 is 1.25 bits per heavy atom. The van der Waals surface area contributed by atoms with E-state index in [9.17, 15) is 4.79 Å². The maximum atomic E-state index is 12.1. The van der Waals surface area contributed by atoms with Crippen LogP contribution in [0.3, 0.4) is 0 Å². The number of hydrogen-bond acceptors (Lipinski definition) is 4. The van der Waals surface area contributed by atoms with Crippen molar-refractivity contribution in [3.8, 4) is 0 Å². The molecule has 0 spiro atoms. The number of anilines is 2. The van der Waals surface area contributed by atoms with Gasteiger partial charge in [-0.3, -0.25) is 4.79 Å². The van der Waals surface area contributed by atoms with Crippen LogP contribution < -0.4 is 16.0 Å². The van der Waals surface area contributed by atoms with E-state index in [4.69, 9.17) is 5.73 Å². The first-order chi connectivity index (χ1) is 9.15. The van der Waals surface area contributed by atoms with Gasteiger partial charge in [0.25, 0.3) is 5.91 Å². The van der Waals surface area contributed by atoms with Crippen molar-refractivity contribution in [3.05, 3.63) is 23.8 Å². The van der Waals surface area contributed by atoms with E-state index in [1.54, 1.807) is 12.1 Å². The van der Waals surface area contributed by atoms with Crippen molar-refractivity contribution in [2.24, 2.45) is 0 Å². The van der Waals surface area contributed by atoms with Crippen LogP contribution in [0, 0.1) is 0 Å². The number of carbonyl (C=O) groups is 1. The lowest BCUT2D eigenvalue weighted by Crippen LogP contribution is -2.48. The molecule has 0 saturated carbocycles. The minimum Gasteiger partial charge on any atom is -0.397 e. The summed E-state index contributed by atoms with van der Waals surface area (Å²) in [7, 11) is 7.84. The molecule has 0 unspecified atom stereocenters. The van der Waals surface area contributed by atoms with E-state index >= 15 is 0 Å². The first kappa shape index (κ1) is 16.3. The topological polar surface area (TPSA) is 61.6 Å². The van der Waals surface area contributed by atoms with Crippen LogP contribution in [0.25, 0.3) is 0 Å². The van der Waals surface area contributed by atoms with Crippen LogP contribution >= 0.6 is 0 Å². The highest BCUT2D eigenvalue weighted by atomic mass is 16.1. The summed E-state index contributed by atoms with van der Waals surface area (Å²) in [5, 5.41) is 2.95. The lowest BCUT2D eigenvalue weighted by Gasteiger charge is -2.32. The molecule has 1 amide bonds. The van der Waals surface area contributed by atoms with Crippen molar-refractivity contribution in [3.63, 3.8) is 0 Å². The van der Waals surface area contributed by atoms with Crippen molar-refractivity contribution in [2.45, 2.75) is 19.4 Å². The van der Waals surface area contributed by atoms with Gasteiger partial charge < -0.3 is 20.9 Å². The highest BCUT2D eigenvalue weighted by Crippen LogP contribution is 2.22. The number of nitrogens with zero attached hydrogens (tertiary/aromatic N) is 2. The number of likely N-dealkylation sites (N-methyl/N-ethyl adjacent to an activating group) is 1. The Balaban J connectivity index is 2.77. The fraction of sp³-hybridized carbons (Fsp3) is 0.533. The molecule has 5 heteroatoms. The fourth-order valence-electron chi connectivity index (χ4n) is 1.66. The Morgan fingerprint density at radius 3 is 2.30 bits per heavy atom. The molecule has 0 bridgehead atoms. The molecule has 0 fully saturated rings. The normalized spacial score (nSPS) is 11.6. The van der Waals surface area contributed by atoms with E-state index in [0.717, 1.165) is 5.69 Å². The number of rotatable bonds is 5. The lowest BCUT2D eigenvalue weighted by molar-refractivity contribution is 0.0920. The van der Waals surface area contributed by atoms with Crippen molar-refractivity contribution in [1.82, 2.24) is 10.2 Å². The minimum atomic E-state index is -0.100. The van der Waals surface area contributed by atoms with Crippen LogP contribution in [0.1, 0.15) is 24.2 Å². The molecule has 0 aliphatic rings. The van der Waals surface area contributed by atoms with Crippen LogP contribution in [0.4, 0.5) is 11.4 Å². The van der Waals surface area contributed by atoms with Gasteiger partial charge in [0.05, 0.1) is 11.4 Å². The van der Waals surface area contributed by atoms with Gasteiger partial charge in [-0.2, -0.15) is 0 Å². The zero-order chi connectivity index (χ0) is 15.5. The summed E-state index contributed by atoms with van der Waals surface area (Å²) in [5.41, 5.74) is 7.97. The molecule has 0 aliphatic heterocycles. The number of benzene rings is 1. The van der Waals surface area contributed by atoms with E-state index < -0.39 is 0 Å². The van der Waals surface area contributed by atoms with Crippen molar-refractivity contribution in [1.29, 1.82) is 0 Å². The molecule has 1 aromatic carbocycles. The molecular formula is C15H26N4O. The summed E-state index contributed by atoms with van der Waals surface area (Å²) in [6.07, 6.45) is 0. The molecule has 3 N–H and O–H groups in total. The van der Waals surface area contributed by atoms with Gasteiger partial charge in [-0.25, -0.2) is 0 Å². The summed E-state index contributed by atoms with van der Waals surface area (Å²) < 4.78 is 0. The number of hydrogen-bond donors (Lipinski definition) is 2. The summed E-state index contributed by atoms with van der Waals surface area (Å²) in [6.45, 7) is 4.74. The Bertz CT molecular complexity index is 481. The molecule has 1 rings (SSSR count). The van der Waals surface area contributed by atoms with E-state index in [1.165, 1.54) is 0 Å². The van der Waals surface area contributed by atoms with Gasteiger partial charge in [0.1, 0.15) is 0 Å². The van der Waals surface area contributed by atoms with Crippen molar-refractivity contribution >= 4 is 17.3 Å². The molecule has 0 aliphatic carbocycles. The third kappa shape index (κ3) is 3.87. The summed E-state index contributed by atoms with van der Waals surface area (Å²) in [5.74, 6) is -0.100. The average Bonchev–Trinajstić information content (AvgIpc) is 2.35. The largest absolute Gasteiger partial charge is 0.397 e. The molecular weight excluding hydrogens is 252 g/mol. The Labute approximate surface area is 121 Å². The first-order valence-corrected chi connectivity index (χ1v) is 6.67. The van der Waals surface area contributed by atoms with Crippen LogP contribution in [0.15, 0.2) is 18.2 Å². The second kappa shape index (κ2) is 6.13. The first-order valence-electron chi connectivity index (χ1n) is 6.67. The highest BCUT2D eigenvalue weighted by Gasteiger charge is 2.21. The van der Waals surface area contributed by atoms with Crippen LogP contribution in [-0.4, -0.2) is 51.1 Å². The van der Waals surface area contributed by atoms with Crippen molar-refractivity contribution < 1.29 is 4.79 Å². The second-order valence-corrected chi connectivity index (χ2v) is 6.06. The monoisotopic (exact) mass is 278 g/mol. The van der Waals surface area contributed by atoms with Gasteiger partial charge in [0, 0.05) is 31.7 Å². The van der Waals surface area contributed by atoms with Gasteiger partial charge in [0.15, 0.2) is 0 Å². The van der Waals surface area contributed by atoms with Gasteiger partial charge >= 0.3 is 0 Å². The molecule has 0 radical (unpaired) electrons. The molecule has 0 atom stereocenters. The third-order valence-electron chi connectivity index (χ3n) is 3.66. The van der Waals surface area contributed by atoms with Gasteiger partial charge in [-0.15, -0.1) is 0 Å². The summed E-state index contributed by atoms with van der Waals surface area (Å²) >= 11 is 0. The quantitative estimate of drug-likeness (QED) is 0.799. The van der Waals surface area contributed by atoms with Crippen LogP contribution in [0.2, 0.25) is 0 Å². The molecule has 1 aromatic rings. The van der Waals surface area contributed by atoms with Crippen molar-refractivity contribution in [2.75, 3.05) is 45.4 Å². The molecule has 0 saturated heterocycles. The predicted molar refractivity (Wildman–Crippen MR) is 85.3 cm³/mol. The summed E-state index contributed by atoms with van der Waals surface area (Å²) in [4.78, 5) is 16.2. The summed E-state index contributed by atoms with van der Waals surface area (Å²) in [6, 6.07) is 5.37. The maximum Gasteiger partial charge on any atom is 0.251 e. The van der Waals surface area contributed by atoms with E-state index in [1.807, 2.05) is 39.2 Å². The standard InChI is InChI=1S/C15H26N4O/c1-15(2,19(5)6)10-17-14(20)11-7-8-13(18(3)4)12(16)9-11/h7-9H,10,16H2,1-6H3,(H,17,20). The molecule has 0 heterocycles. The Kier molecular flexibility index (Phi) is 5.00. The average molecular weight is 278 g/mol. The van der Waals surface area contributed by atoms with Gasteiger partial charge in [-0.1, -0.05) is 0 Å². The third-order valence-corrected chi connectivity index (χ3v) is 3.66. The molecule has 5 nitrogen and oxygen atoms in total. The SMILES string of the molecule is CN(C)c1ccc(C(=O)NCC(C)(C)N(C)C)cc1N. The maximum absolute atomic E-state index is 12.1. The zero-order valence-corrected chi connectivity index (χ0v) is 13.3. The second-order valence-electron chi connectivity index (χ2n) is 6.06. The van der Waals surface area contributed by atoms with Crippen LogP contribution in [-0.2, 0) is 0 Å². The number of nitrogen functional groups attached to an aromatic ring is 1. The van der Waals surface area contributed by atoms with E-state index in [2.05, 4.69) is 24.1 Å². The van der Waals surface area contributed by atoms with Crippen LogP contribution in [0.5, 0.6) is 0 Å². The zero-order valence-electron chi connectivity index (χ0n) is 13.3. The smallest absolute Gasteiger partial charge is 0.251 e. The minimum absolute atomic E-state index is 0.0925. The number of nitrogens with one attached hydrogen (secondary N) is 1. The highest BCUT2D eigenvalue weighted by molar-refractivity contribution is 5.96. The molecule has 20 heavy (non-hydrogen) atoms. The van der Waals surface area contributed by atoms with E-state index in [0.29, 0.717) is 17.8 Å². The lowest BCUT2D eigenvalue weighted by atomic mass is 10.0. The number of nitrogens with two attached hydrogens (primary N) is 1. The fourth-order valence-corrected chi connectivity index (χ4v) is 1.66. The van der Waals surface area contributed by atoms with Gasteiger partial charge in [0.2, 0.25) is 0 Å². The Hall–Kier alpha value is -1.75. The molecule has 112 valence electrons. The Morgan fingerprint density at radius 2 is 1.85 bits per heavy atom. The predicted octanol–water partition coefficient (Wildman–Crippen LogP) is 1.40. The van der Waals surface area contributed by atoms with Gasteiger partial charge in [-0.05, 0) is 46.1 Å².